The fraction of sp³-hybridized carbons (Fsp3) is 0.912. The lowest BCUT2D eigenvalue weighted by atomic mass is 9.95. The summed E-state index contributed by atoms with van der Waals surface area (Å²) in [5, 5.41) is 10.1. The number of fused-ring (bicyclic) bond motifs is 2. The van der Waals surface area contributed by atoms with E-state index >= 15 is 0 Å². The Labute approximate surface area is 255 Å². The average molecular weight is 596 g/mol. The molecule has 0 aromatic heterocycles. The predicted molar refractivity (Wildman–Crippen MR) is 165 cm³/mol. The Morgan fingerprint density at radius 2 is 1.52 bits per heavy atom. The molecule has 3 aliphatic rings. The highest BCUT2D eigenvalue weighted by Gasteiger charge is 2.52. The van der Waals surface area contributed by atoms with E-state index in [2.05, 4.69) is 6.58 Å². The zero-order valence-electron chi connectivity index (χ0n) is 27.4. The van der Waals surface area contributed by atoms with Crippen molar-refractivity contribution in [2.24, 2.45) is 0 Å². The van der Waals surface area contributed by atoms with Crippen LogP contribution in [-0.2, 0) is 23.7 Å². The number of nitrogens with zero attached hydrogens (tertiary/aromatic N) is 1. The highest BCUT2D eigenvalue weighted by molar-refractivity contribution is 5.69. The number of ether oxygens (including phenoxy) is 5. The number of carbonyl (C=O) groups excluding carboxylic acids is 1. The number of aliphatic hydroxyl groups is 1. The van der Waals surface area contributed by atoms with Crippen LogP contribution in [0.3, 0.4) is 0 Å². The van der Waals surface area contributed by atoms with Gasteiger partial charge in [0.05, 0.1) is 25.4 Å². The van der Waals surface area contributed by atoms with Crippen molar-refractivity contribution in [3.8, 4) is 0 Å². The van der Waals surface area contributed by atoms with Gasteiger partial charge >= 0.3 is 6.09 Å². The third kappa shape index (κ3) is 11.1. The second-order valence-electron chi connectivity index (χ2n) is 14.1. The molecule has 3 rings (SSSR count). The van der Waals surface area contributed by atoms with Crippen molar-refractivity contribution in [1.29, 1.82) is 0 Å². The van der Waals surface area contributed by atoms with E-state index in [1.54, 1.807) is 11.0 Å². The SMILES string of the molecule is C=C[C@H]1O[C@@]2(CCCCCCCCCCCCCCCOC[C@H]3COC(C)(C)N3C(=O)OC(C)(C)C)CC[C@@H](O)[C@H]1O2. The van der Waals surface area contributed by atoms with Gasteiger partial charge < -0.3 is 28.8 Å². The molecule has 0 unspecified atom stereocenters. The third-order valence-electron chi connectivity index (χ3n) is 8.78. The summed E-state index contributed by atoms with van der Waals surface area (Å²) in [5.74, 6) is -0.483. The molecular weight excluding hydrogens is 534 g/mol. The summed E-state index contributed by atoms with van der Waals surface area (Å²) in [6.07, 6.45) is 19.5. The Morgan fingerprint density at radius 1 is 0.952 bits per heavy atom. The van der Waals surface area contributed by atoms with Crippen LogP contribution in [0, 0.1) is 0 Å². The summed E-state index contributed by atoms with van der Waals surface area (Å²) < 4.78 is 29.6. The standard InChI is InChI=1S/C34H61NO7/c1-7-29-30-28(36)21-23-34(40-29,41-30)22-19-17-15-13-11-9-8-10-12-14-16-18-20-24-38-25-27-26-39-33(5,6)35(27)31(37)42-32(2,3)4/h7,27-30,36H,1,8-26H2,2-6H3/t27-,28+,29+,30+,34+/m0/s1. The van der Waals surface area contributed by atoms with Crippen molar-refractivity contribution in [3.05, 3.63) is 12.7 Å². The summed E-state index contributed by atoms with van der Waals surface area (Å²) in [5.41, 5.74) is -1.22. The van der Waals surface area contributed by atoms with Gasteiger partial charge in [-0.05, 0) is 53.9 Å². The van der Waals surface area contributed by atoms with Crippen molar-refractivity contribution in [3.63, 3.8) is 0 Å². The first-order valence-corrected chi connectivity index (χ1v) is 16.9. The molecule has 0 aromatic rings. The van der Waals surface area contributed by atoms with Gasteiger partial charge in [-0.15, -0.1) is 6.58 Å². The van der Waals surface area contributed by atoms with Crippen LogP contribution >= 0.6 is 0 Å². The smallest absolute Gasteiger partial charge is 0.412 e. The monoisotopic (exact) mass is 595 g/mol. The van der Waals surface area contributed by atoms with E-state index in [-0.39, 0.29) is 24.3 Å². The second-order valence-corrected chi connectivity index (χ2v) is 14.1. The number of hydrogen-bond acceptors (Lipinski definition) is 7. The fourth-order valence-corrected chi connectivity index (χ4v) is 6.48. The van der Waals surface area contributed by atoms with Crippen LogP contribution in [0.5, 0.6) is 0 Å². The van der Waals surface area contributed by atoms with Gasteiger partial charge in [-0.2, -0.15) is 0 Å². The van der Waals surface area contributed by atoms with Gasteiger partial charge in [0, 0.05) is 19.4 Å². The van der Waals surface area contributed by atoms with E-state index in [9.17, 15) is 9.90 Å². The first-order valence-electron chi connectivity index (χ1n) is 16.9. The van der Waals surface area contributed by atoms with Crippen LogP contribution < -0.4 is 0 Å². The molecule has 0 saturated carbocycles. The number of hydrogen-bond donors (Lipinski definition) is 1. The number of carbonyl (C=O) groups is 1. The topological polar surface area (TPSA) is 86.7 Å². The molecule has 42 heavy (non-hydrogen) atoms. The van der Waals surface area contributed by atoms with E-state index in [0.29, 0.717) is 13.2 Å². The zero-order chi connectivity index (χ0) is 30.6. The Kier molecular flexibility index (Phi) is 14.1. The predicted octanol–water partition coefficient (Wildman–Crippen LogP) is 7.66. The van der Waals surface area contributed by atoms with Crippen LogP contribution in [-0.4, -0.2) is 77.4 Å². The van der Waals surface area contributed by atoms with Gasteiger partial charge in [0.15, 0.2) is 5.79 Å². The van der Waals surface area contributed by atoms with Crippen molar-refractivity contribution < 1.29 is 33.6 Å². The van der Waals surface area contributed by atoms with Crippen molar-refractivity contribution in [2.75, 3.05) is 19.8 Å². The number of unbranched alkanes of at least 4 members (excludes halogenated alkanes) is 12. The van der Waals surface area contributed by atoms with Gasteiger partial charge in [0.2, 0.25) is 0 Å². The van der Waals surface area contributed by atoms with E-state index in [0.717, 1.165) is 38.7 Å². The molecule has 3 fully saturated rings. The van der Waals surface area contributed by atoms with E-state index in [4.69, 9.17) is 23.7 Å². The van der Waals surface area contributed by atoms with Crippen molar-refractivity contribution >= 4 is 6.09 Å². The minimum atomic E-state index is -0.682. The largest absolute Gasteiger partial charge is 0.444 e. The van der Waals surface area contributed by atoms with E-state index in [1.807, 2.05) is 34.6 Å². The Morgan fingerprint density at radius 3 is 2.10 bits per heavy atom. The van der Waals surface area contributed by atoms with Gasteiger partial charge in [0.25, 0.3) is 0 Å². The second kappa shape index (κ2) is 16.8. The maximum absolute atomic E-state index is 12.7. The maximum atomic E-state index is 12.7. The summed E-state index contributed by atoms with van der Waals surface area (Å²) in [6.45, 7) is 15.0. The molecule has 0 aromatic carbocycles. The number of rotatable bonds is 19. The molecule has 0 spiro atoms. The Balaban J connectivity index is 1.09. The van der Waals surface area contributed by atoms with Crippen LogP contribution in [0.25, 0.3) is 0 Å². The lowest BCUT2D eigenvalue weighted by Gasteiger charge is -2.35. The quantitative estimate of drug-likeness (QED) is 0.121. The molecule has 0 radical (unpaired) electrons. The summed E-state index contributed by atoms with van der Waals surface area (Å²) in [6, 6.07) is -0.114. The lowest BCUT2D eigenvalue weighted by Crippen LogP contribution is -2.51. The van der Waals surface area contributed by atoms with E-state index in [1.165, 1.54) is 70.6 Å². The first kappa shape index (κ1) is 35.3. The van der Waals surface area contributed by atoms with Crippen LogP contribution in [0.4, 0.5) is 4.79 Å². The van der Waals surface area contributed by atoms with E-state index < -0.39 is 23.2 Å². The molecule has 1 amide bonds. The molecule has 8 nitrogen and oxygen atoms in total. The van der Waals surface area contributed by atoms with Gasteiger partial charge in [-0.1, -0.05) is 76.7 Å². The molecule has 3 aliphatic heterocycles. The maximum Gasteiger partial charge on any atom is 0.412 e. The zero-order valence-corrected chi connectivity index (χ0v) is 27.4. The molecule has 2 bridgehead atoms. The first-order chi connectivity index (χ1) is 20.0. The molecule has 3 heterocycles. The highest BCUT2D eigenvalue weighted by Crippen LogP contribution is 2.43. The Bertz CT molecular complexity index is 812. The van der Waals surface area contributed by atoms with Crippen LogP contribution in [0.2, 0.25) is 0 Å². The molecule has 244 valence electrons. The Hall–Kier alpha value is -1.19. The van der Waals surface area contributed by atoms with Crippen LogP contribution in [0.15, 0.2) is 12.7 Å². The molecule has 5 atom stereocenters. The molecule has 3 saturated heterocycles. The lowest BCUT2D eigenvalue weighted by molar-refractivity contribution is -0.213. The van der Waals surface area contributed by atoms with Crippen LogP contribution in [0.1, 0.15) is 137 Å². The fourth-order valence-electron chi connectivity index (χ4n) is 6.48. The third-order valence-corrected chi connectivity index (χ3v) is 8.78. The molecule has 8 heteroatoms. The van der Waals surface area contributed by atoms with Crippen molar-refractivity contribution in [2.45, 2.75) is 179 Å². The van der Waals surface area contributed by atoms with Gasteiger partial charge in [-0.3, -0.25) is 4.90 Å². The number of aliphatic hydroxyl groups excluding tert-OH is 1. The summed E-state index contributed by atoms with van der Waals surface area (Å²) >= 11 is 0. The molecule has 1 N–H and O–H groups in total. The van der Waals surface area contributed by atoms with Gasteiger partial charge in [0.1, 0.15) is 23.5 Å². The average Bonchev–Trinajstić information content (AvgIpc) is 3.40. The molecule has 0 aliphatic carbocycles. The number of amides is 1. The minimum absolute atomic E-state index is 0.114. The highest BCUT2D eigenvalue weighted by atomic mass is 16.8. The van der Waals surface area contributed by atoms with Crippen molar-refractivity contribution in [1.82, 2.24) is 4.90 Å². The van der Waals surface area contributed by atoms with Gasteiger partial charge in [-0.25, -0.2) is 4.79 Å². The normalized spacial score (nSPS) is 28.8. The summed E-state index contributed by atoms with van der Waals surface area (Å²) in [7, 11) is 0. The molecular formula is C34H61NO7. The minimum Gasteiger partial charge on any atom is -0.444 e. The summed E-state index contributed by atoms with van der Waals surface area (Å²) in [4.78, 5) is 14.4.